The van der Waals surface area contributed by atoms with Crippen LogP contribution in [0, 0.1) is 5.92 Å². The fourth-order valence-corrected chi connectivity index (χ4v) is 25.4. The molecule has 6 unspecified atom stereocenters. The van der Waals surface area contributed by atoms with E-state index in [9.17, 15) is 32.0 Å². The van der Waals surface area contributed by atoms with Gasteiger partial charge in [0.2, 0.25) is 0 Å². The summed E-state index contributed by atoms with van der Waals surface area (Å²) in [5, 5.41) is -1.06. The van der Waals surface area contributed by atoms with E-state index in [1.807, 2.05) is 188 Å². The second kappa shape index (κ2) is 28.6. The highest BCUT2D eigenvalue weighted by Crippen LogP contribution is 2.69. The highest BCUT2D eigenvalue weighted by atomic mass is 32.4. The maximum absolute atomic E-state index is 14.3. The van der Waals surface area contributed by atoms with Crippen LogP contribution >= 0.6 is 63.1 Å². The molecule has 4 heterocycles. The summed E-state index contributed by atoms with van der Waals surface area (Å²) in [4.78, 5) is 0. The van der Waals surface area contributed by atoms with E-state index in [1.165, 1.54) is 6.42 Å². The third-order valence-corrected chi connectivity index (χ3v) is 31.4. The lowest BCUT2D eigenvalue weighted by molar-refractivity contribution is 0.174. The van der Waals surface area contributed by atoms with Gasteiger partial charge >= 0.3 is 55.5 Å². The lowest BCUT2D eigenvalue weighted by Crippen LogP contribution is -2.33. The molecule has 1 saturated carbocycles. The second-order valence-electron chi connectivity index (χ2n) is 23.4. The lowest BCUT2D eigenvalue weighted by atomic mass is 9.90. The monoisotopic (exact) mass is 1410 g/mol. The van der Waals surface area contributed by atoms with Crippen LogP contribution in [-0.4, -0.2) is 16.5 Å². The zero-order valence-corrected chi connectivity index (χ0v) is 59.1. The van der Waals surface area contributed by atoms with Gasteiger partial charge in [-0.25, -0.2) is 13.7 Å². The maximum atomic E-state index is 14.3. The van der Waals surface area contributed by atoms with Gasteiger partial charge in [0.25, 0.3) is 0 Å². The minimum absolute atomic E-state index is 0. The SMILES string of the molecule is CC(C)(OP=O)P1(=O)Oc2ccccc2-c2ccccc21.CC(C)(OP=S)P1(=O)Oc2ccccc2-c2ccccc21.CC(OP=O)(c1ccccc1)P1(=O)Oc2ccccc2-c2ccccc21.O=POC(C1CCCCC1)P1(=O)Oc2ccccc2-c2ccccc21.[HH]. The standard InChI is InChI=1S/C20H16O4P2.C19H20O4P2.C15H14O4P2.C15H14O3P2S.H2/c1-20(24-25-21,15-9-3-2-4-10-15)26(22)19-14-8-6-12-17(19)16-11-5-7-13-18(16)23-26;20-24-22-19(14-8-2-1-3-9-14)25(21)18-13-7-5-11-16(18)15-10-4-6-12-17(15)23-25;1-15(2,19-20-16)21(17)14-10-6-4-8-12(14)11-7-3-5-9-13(11)18-21;1-15(2,18-19-21)20(16)14-10-6-4-8-12(14)11-7-3-5-9-13(11)17-20;/h2-14H,1H3;4-7,10-14,19H,1-3,8-9H2;2*3-10H,1-2H3;1H. The summed E-state index contributed by atoms with van der Waals surface area (Å²) in [5.74, 6) is 1.73. The van der Waals surface area contributed by atoms with E-state index in [-0.39, 0.29) is 7.34 Å². The molecule has 0 N–H and O–H groups in total. The average Bonchev–Trinajstić information content (AvgIpc) is 0.743. The quantitative estimate of drug-likeness (QED) is 0.0932. The molecule has 0 amide bonds. The van der Waals surface area contributed by atoms with Crippen LogP contribution in [0.5, 0.6) is 23.0 Å². The Morgan fingerprint density at radius 2 is 0.731 bits per heavy atom. The van der Waals surface area contributed by atoms with Gasteiger partial charge < -0.3 is 18.1 Å². The normalized spacial score (nSPS) is 21.5. The Kier molecular flexibility index (Phi) is 21.0. The molecule has 93 heavy (non-hydrogen) atoms. The molecule has 0 aromatic heterocycles. The molecule has 24 heteroatoms. The summed E-state index contributed by atoms with van der Waals surface area (Å²) in [7, 11) is -14.8. The Hall–Kier alpha value is -6.24. The zero-order chi connectivity index (χ0) is 65.7. The fourth-order valence-electron chi connectivity index (χ4n) is 12.3. The molecular formula is C69H66O15P8S. The minimum atomic E-state index is -3.63. The summed E-state index contributed by atoms with van der Waals surface area (Å²) >= 11 is 4.87. The Bertz CT molecular complexity index is 4370. The van der Waals surface area contributed by atoms with Gasteiger partial charge in [0.15, 0.2) is 21.9 Å². The number of hydrogen-bond donors (Lipinski definition) is 0. The third kappa shape index (κ3) is 12.9. The first-order chi connectivity index (χ1) is 44.8. The molecule has 1 fully saturated rings. The van der Waals surface area contributed by atoms with Crippen molar-refractivity contribution in [2.45, 2.75) is 88.6 Å². The average molecular weight is 1420 g/mol. The van der Waals surface area contributed by atoms with Crippen LogP contribution in [0.3, 0.4) is 0 Å². The topological polar surface area (TPSA) is 193 Å². The second-order valence-corrected chi connectivity index (χ2v) is 35.9. The van der Waals surface area contributed by atoms with Crippen molar-refractivity contribution in [2.24, 2.45) is 5.92 Å². The van der Waals surface area contributed by atoms with Gasteiger partial charge in [0.05, 0.1) is 21.2 Å². The number of hydrogen-bond acceptors (Lipinski definition) is 16. The van der Waals surface area contributed by atoms with Crippen LogP contribution in [0.1, 0.15) is 73.7 Å². The first-order valence-electron chi connectivity index (χ1n) is 29.8. The van der Waals surface area contributed by atoms with Crippen LogP contribution in [0.15, 0.2) is 224 Å². The lowest BCUT2D eigenvalue weighted by Gasteiger charge is -2.39. The van der Waals surface area contributed by atoms with Crippen LogP contribution < -0.4 is 39.3 Å². The van der Waals surface area contributed by atoms with E-state index >= 15 is 0 Å². The van der Waals surface area contributed by atoms with Crippen LogP contribution in [0.4, 0.5) is 0 Å². The van der Waals surface area contributed by atoms with Crippen molar-refractivity contribution in [1.82, 2.24) is 0 Å². The summed E-state index contributed by atoms with van der Waals surface area (Å²) in [5.41, 5.74) is 7.85. The molecule has 0 bridgehead atoms. The van der Waals surface area contributed by atoms with Gasteiger partial charge in [-0.2, -0.15) is 0 Å². The molecule has 6 atom stereocenters. The first-order valence-corrected chi connectivity index (χ1v) is 40.4. The van der Waals surface area contributed by atoms with Crippen molar-refractivity contribution in [1.29, 1.82) is 0 Å². The summed E-state index contributed by atoms with van der Waals surface area (Å²) in [6, 6.07) is 69.4. The Labute approximate surface area is 554 Å². The number of benzene rings is 9. The molecule has 0 saturated heterocycles. The van der Waals surface area contributed by atoms with E-state index in [1.54, 1.807) is 71.0 Å². The van der Waals surface area contributed by atoms with Crippen molar-refractivity contribution in [3.63, 3.8) is 0 Å². The number of para-hydroxylation sites is 4. The predicted molar refractivity (Wildman–Crippen MR) is 375 cm³/mol. The summed E-state index contributed by atoms with van der Waals surface area (Å²) in [6.45, 7) is 8.45. The van der Waals surface area contributed by atoms with Crippen LogP contribution in [0.25, 0.3) is 44.5 Å². The molecule has 1 aliphatic carbocycles. The molecule has 4 aliphatic heterocycles. The van der Waals surface area contributed by atoms with E-state index in [4.69, 9.17) is 48.0 Å². The largest absolute Gasteiger partial charge is 0.438 e. The van der Waals surface area contributed by atoms with Crippen molar-refractivity contribution in [3.05, 3.63) is 230 Å². The molecule has 14 rings (SSSR count). The van der Waals surface area contributed by atoms with Crippen molar-refractivity contribution in [3.8, 4) is 67.5 Å². The fraction of sp³-hybridized carbons (Fsp3) is 0.217. The van der Waals surface area contributed by atoms with Gasteiger partial charge in [-0.05, 0) is 142 Å². The molecule has 5 aliphatic rings. The highest BCUT2D eigenvalue weighted by Gasteiger charge is 2.56. The minimum Gasteiger partial charge on any atom is -0.438 e. The molecule has 9 aromatic carbocycles. The zero-order valence-electron chi connectivity index (χ0n) is 51.2. The summed E-state index contributed by atoms with van der Waals surface area (Å²) < 4.78 is 135. The van der Waals surface area contributed by atoms with E-state index in [0.29, 0.717) is 57.4 Å². The van der Waals surface area contributed by atoms with Gasteiger partial charge in [-0.3, -0.25) is 36.4 Å². The van der Waals surface area contributed by atoms with Gasteiger partial charge in [-0.15, -0.1) is 0 Å². The molecule has 9 aromatic rings. The van der Waals surface area contributed by atoms with Crippen molar-refractivity contribution < 1.29 is 69.6 Å². The van der Waals surface area contributed by atoms with E-state index in [2.05, 4.69) is 0 Å². The van der Waals surface area contributed by atoms with Gasteiger partial charge in [0, 0.05) is 23.7 Å². The molecule has 478 valence electrons. The highest BCUT2D eigenvalue weighted by molar-refractivity contribution is 7.94. The maximum Gasteiger partial charge on any atom is 0.328 e. The number of fused-ring (bicyclic) bond motifs is 12. The van der Waals surface area contributed by atoms with Crippen molar-refractivity contribution in [2.75, 3.05) is 0 Å². The van der Waals surface area contributed by atoms with E-state index in [0.717, 1.165) is 70.2 Å². The summed E-state index contributed by atoms with van der Waals surface area (Å²) in [6.07, 6.45) is 5.20. The van der Waals surface area contributed by atoms with E-state index < -0.39 is 77.4 Å². The van der Waals surface area contributed by atoms with Crippen molar-refractivity contribution >= 4 is 96.1 Å². The number of rotatable bonds is 14. The smallest absolute Gasteiger partial charge is 0.328 e. The van der Waals surface area contributed by atoms with Gasteiger partial charge in [0.1, 0.15) is 30.6 Å². The molecule has 0 spiro atoms. The third-order valence-electron chi connectivity index (χ3n) is 17.1. The van der Waals surface area contributed by atoms with Crippen LogP contribution in [0.2, 0.25) is 0 Å². The first kappa shape index (κ1) is 68.2. The predicted octanol–water partition coefficient (Wildman–Crippen LogP) is 21.1. The molecular weight excluding hydrogens is 1350 g/mol. The molecule has 15 nitrogen and oxygen atoms in total. The van der Waals surface area contributed by atoms with Gasteiger partial charge in [-0.1, -0.05) is 195 Å². The van der Waals surface area contributed by atoms with Crippen LogP contribution in [-0.2, 0) is 67.2 Å². The Morgan fingerprint density at radius 3 is 1.14 bits per heavy atom. The Morgan fingerprint density at radius 1 is 0.398 bits per heavy atom. The Balaban J connectivity index is 0.000000137. The molecule has 0 radical (unpaired) electrons.